The van der Waals surface area contributed by atoms with E-state index in [0.29, 0.717) is 10.8 Å². The molecule has 0 aliphatic rings. The van der Waals surface area contributed by atoms with E-state index in [0.717, 1.165) is 15.6 Å². The molecule has 2 atom stereocenters. The first-order valence-corrected chi connectivity index (χ1v) is 8.73. The fourth-order valence-corrected chi connectivity index (χ4v) is 3.40. The zero-order valence-corrected chi connectivity index (χ0v) is 13.8. The van der Waals surface area contributed by atoms with Crippen molar-refractivity contribution in [2.24, 2.45) is 0 Å². The molecule has 2 unspecified atom stereocenters. The molecule has 0 aromatic heterocycles. The van der Waals surface area contributed by atoms with E-state index >= 15 is 0 Å². The monoisotopic (exact) mass is 372 g/mol. The van der Waals surface area contributed by atoms with Crippen LogP contribution in [0.3, 0.4) is 0 Å². The smallest absolute Gasteiger partial charge is 0.0905 e. The van der Waals surface area contributed by atoms with Crippen molar-refractivity contribution in [3.05, 3.63) is 69.2 Å². The maximum Gasteiger partial charge on any atom is 0.0905 e. The number of aliphatic hydroxyl groups excluding tert-OH is 1. The molecule has 106 valence electrons. The predicted molar refractivity (Wildman–Crippen MR) is 87.3 cm³/mol. The van der Waals surface area contributed by atoms with Crippen LogP contribution in [-0.4, -0.2) is 15.1 Å². The third-order valence-corrected chi connectivity index (χ3v) is 4.96. The van der Waals surface area contributed by atoms with Gasteiger partial charge in [0.05, 0.1) is 11.9 Å². The summed E-state index contributed by atoms with van der Waals surface area (Å²) in [4.78, 5) is 0. The second kappa shape index (κ2) is 7.36. The number of aliphatic hydroxyl groups is 1. The summed E-state index contributed by atoms with van der Waals surface area (Å²) in [5, 5.41) is 10.7. The Morgan fingerprint density at radius 2 is 1.70 bits per heavy atom. The highest BCUT2D eigenvalue weighted by atomic mass is 79.9. The zero-order valence-electron chi connectivity index (χ0n) is 10.6. The Kier molecular flexibility index (Phi) is 5.78. The van der Waals surface area contributed by atoms with Crippen LogP contribution in [0.25, 0.3) is 0 Å². The van der Waals surface area contributed by atoms with Crippen molar-refractivity contribution in [2.75, 3.05) is 5.75 Å². The standard InChI is InChI=1S/C15H14BrClO2S/c16-13-5-3-12(4-6-13)15(18)10-20(19)9-11-1-7-14(17)8-2-11/h1-8,15,18H,9-10H2. The first kappa shape index (κ1) is 15.7. The van der Waals surface area contributed by atoms with Crippen molar-refractivity contribution in [3.8, 4) is 0 Å². The number of hydrogen-bond acceptors (Lipinski definition) is 2. The minimum Gasteiger partial charge on any atom is -0.387 e. The van der Waals surface area contributed by atoms with Crippen LogP contribution in [0.15, 0.2) is 53.0 Å². The largest absolute Gasteiger partial charge is 0.387 e. The van der Waals surface area contributed by atoms with Gasteiger partial charge in [0.15, 0.2) is 0 Å². The third kappa shape index (κ3) is 4.70. The van der Waals surface area contributed by atoms with Crippen LogP contribution in [0.1, 0.15) is 17.2 Å². The minimum absolute atomic E-state index is 0.226. The maximum atomic E-state index is 12.1. The van der Waals surface area contributed by atoms with Gasteiger partial charge in [0.2, 0.25) is 0 Å². The molecule has 2 rings (SSSR count). The van der Waals surface area contributed by atoms with Gasteiger partial charge in [0.1, 0.15) is 0 Å². The SMILES string of the molecule is O=S(Cc1ccc(Cl)cc1)CC(O)c1ccc(Br)cc1. The van der Waals surface area contributed by atoms with Crippen molar-refractivity contribution in [3.63, 3.8) is 0 Å². The molecule has 0 amide bonds. The molecule has 0 bridgehead atoms. The summed E-state index contributed by atoms with van der Waals surface area (Å²) in [5.74, 6) is 0.648. The lowest BCUT2D eigenvalue weighted by atomic mass is 10.1. The average Bonchev–Trinajstić information content (AvgIpc) is 2.42. The first-order valence-electron chi connectivity index (χ1n) is 6.07. The Labute approximate surface area is 134 Å². The Morgan fingerprint density at radius 3 is 2.30 bits per heavy atom. The molecule has 20 heavy (non-hydrogen) atoms. The number of hydrogen-bond donors (Lipinski definition) is 1. The highest BCUT2D eigenvalue weighted by Gasteiger charge is 2.12. The predicted octanol–water partition coefficient (Wildman–Crippen LogP) is 4.08. The molecule has 1 N–H and O–H groups in total. The highest BCUT2D eigenvalue weighted by molar-refractivity contribution is 9.10. The molecular formula is C15H14BrClO2S. The number of halogens is 2. The summed E-state index contributed by atoms with van der Waals surface area (Å²) >= 11 is 9.15. The van der Waals surface area contributed by atoms with Crippen molar-refractivity contribution in [1.29, 1.82) is 0 Å². The van der Waals surface area contributed by atoms with Gasteiger partial charge in [-0.05, 0) is 35.4 Å². The van der Waals surface area contributed by atoms with Gasteiger partial charge in [0.25, 0.3) is 0 Å². The molecule has 0 heterocycles. The molecule has 2 aromatic rings. The fourth-order valence-electron chi connectivity index (χ4n) is 1.78. The van der Waals surface area contributed by atoms with Gasteiger partial charge in [-0.25, -0.2) is 0 Å². The molecule has 0 radical (unpaired) electrons. The Balaban J connectivity index is 1.93. The van der Waals surface area contributed by atoms with Crippen LogP contribution in [0.4, 0.5) is 0 Å². The summed E-state index contributed by atoms with van der Waals surface area (Å²) < 4.78 is 13.0. The number of benzene rings is 2. The van der Waals surface area contributed by atoms with Crippen molar-refractivity contribution in [2.45, 2.75) is 11.9 Å². The van der Waals surface area contributed by atoms with Crippen LogP contribution >= 0.6 is 27.5 Å². The van der Waals surface area contributed by atoms with Crippen molar-refractivity contribution in [1.82, 2.24) is 0 Å². The summed E-state index contributed by atoms with van der Waals surface area (Å²) in [6, 6.07) is 14.6. The van der Waals surface area contributed by atoms with E-state index in [1.54, 1.807) is 12.1 Å². The molecule has 2 aromatic carbocycles. The lowest BCUT2D eigenvalue weighted by Crippen LogP contribution is -2.10. The van der Waals surface area contributed by atoms with Crippen LogP contribution in [0.5, 0.6) is 0 Å². The molecule has 0 fully saturated rings. The van der Waals surface area contributed by atoms with Gasteiger partial charge in [-0.1, -0.05) is 51.8 Å². The van der Waals surface area contributed by atoms with Crippen molar-refractivity contribution >= 4 is 38.3 Å². The van der Waals surface area contributed by atoms with Gasteiger partial charge in [0, 0.05) is 26.0 Å². The molecule has 5 heteroatoms. The van der Waals surface area contributed by atoms with Gasteiger partial charge >= 0.3 is 0 Å². The zero-order chi connectivity index (χ0) is 14.5. The van der Waals surface area contributed by atoms with E-state index < -0.39 is 16.9 Å². The van der Waals surface area contributed by atoms with Crippen molar-refractivity contribution < 1.29 is 9.32 Å². The normalized spacial score (nSPS) is 13.9. The topological polar surface area (TPSA) is 37.3 Å². The Hall–Kier alpha value is -0.680. The lowest BCUT2D eigenvalue weighted by molar-refractivity contribution is 0.203. The Morgan fingerprint density at radius 1 is 1.10 bits per heavy atom. The molecular weight excluding hydrogens is 360 g/mol. The molecule has 0 spiro atoms. The quantitative estimate of drug-likeness (QED) is 0.857. The van der Waals surface area contributed by atoms with Crippen LogP contribution < -0.4 is 0 Å². The van der Waals surface area contributed by atoms with E-state index in [2.05, 4.69) is 15.9 Å². The number of rotatable bonds is 5. The first-order chi connectivity index (χ1) is 9.54. The summed E-state index contributed by atoms with van der Waals surface area (Å²) in [5.41, 5.74) is 1.73. The Bertz CT molecular complexity index is 584. The van der Waals surface area contributed by atoms with E-state index in [9.17, 15) is 9.32 Å². The van der Waals surface area contributed by atoms with E-state index in [1.165, 1.54) is 0 Å². The van der Waals surface area contributed by atoms with Crippen LogP contribution in [-0.2, 0) is 16.6 Å². The van der Waals surface area contributed by atoms with Gasteiger partial charge in [-0.3, -0.25) is 4.21 Å². The third-order valence-electron chi connectivity index (χ3n) is 2.84. The summed E-state index contributed by atoms with van der Waals surface area (Å²) in [6.45, 7) is 0. The van der Waals surface area contributed by atoms with Gasteiger partial charge in [-0.2, -0.15) is 0 Å². The maximum absolute atomic E-state index is 12.1. The average molecular weight is 374 g/mol. The second-order valence-electron chi connectivity index (χ2n) is 4.44. The molecule has 0 aliphatic carbocycles. The van der Waals surface area contributed by atoms with E-state index in [-0.39, 0.29) is 5.75 Å². The lowest BCUT2D eigenvalue weighted by Gasteiger charge is -2.11. The van der Waals surface area contributed by atoms with Gasteiger partial charge in [-0.15, -0.1) is 0 Å². The summed E-state index contributed by atoms with van der Waals surface area (Å²) in [6.07, 6.45) is -0.712. The fraction of sp³-hybridized carbons (Fsp3) is 0.200. The highest BCUT2D eigenvalue weighted by Crippen LogP contribution is 2.19. The van der Waals surface area contributed by atoms with Crippen LogP contribution in [0.2, 0.25) is 5.02 Å². The van der Waals surface area contributed by atoms with Crippen LogP contribution in [0, 0.1) is 0 Å². The van der Waals surface area contributed by atoms with E-state index in [1.807, 2.05) is 36.4 Å². The van der Waals surface area contributed by atoms with Gasteiger partial charge < -0.3 is 5.11 Å². The summed E-state index contributed by atoms with van der Waals surface area (Å²) in [7, 11) is -1.12. The van der Waals surface area contributed by atoms with E-state index in [4.69, 9.17) is 11.6 Å². The molecule has 0 saturated heterocycles. The minimum atomic E-state index is -1.12. The molecule has 0 aliphatic heterocycles. The second-order valence-corrected chi connectivity index (χ2v) is 7.30. The molecule has 0 saturated carbocycles. The molecule has 2 nitrogen and oxygen atoms in total.